The highest BCUT2D eigenvalue weighted by Gasteiger charge is 2.11. The lowest BCUT2D eigenvalue weighted by Crippen LogP contribution is -2.12. The minimum absolute atomic E-state index is 0.234. The number of carbonyl (C=O) groups excluding carboxylic acids is 1. The predicted molar refractivity (Wildman–Crippen MR) is 106 cm³/mol. The van der Waals surface area contributed by atoms with E-state index in [0.717, 1.165) is 17.8 Å². The molecule has 0 radical (unpaired) electrons. The van der Waals surface area contributed by atoms with E-state index in [2.05, 4.69) is 32.4 Å². The summed E-state index contributed by atoms with van der Waals surface area (Å²) in [7, 11) is 0. The first-order valence-corrected chi connectivity index (χ1v) is 10.2. The Kier molecular flexibility index (Phi) is 7.04. The lowest BCUT2D eigenvalue weighted by Gasteiger charge is -2.03. The Morgan fingerprint density at radius 1 is 1.15 bits per heavy atom. The van der Waals surface area contributed by atoms with Crippen LogP contribution in [0.15, 0.2) is 37.1 Å². The molecule has 0 saturated heterocycles. The smallest absolute Gasteiger partial charge is 0.259 e. The summed E-state index contributed by atoms with van der Waals surface area (Å²) in [6.45, 7) is 2.22. The van der Waals surface area contributed by atoms with Gasteiger partial charge in [0.25, 0.3) is 5.91 Å². The summed E-state index contributed by atoms with van der Waals surface area (Å²) in [5.74, 6) is 0.475. The topological polar surface area (TPSA) is 85.6 Å². The lowest BCUT2D eigenvalue weighted by molar-refractivity contribution is 0.102. The summed E-state index contributed by atoms with van der Waals surface area (Å²) in [5, 5.41) is 12.5. The van der Waals surface area contributed by atoms with E-state index in [4.69, 9.17) is 0 Å². The quantitative estimate of drug-likeness (QED) is 0.528. The molecule has 27 heavy (non-hydrogen) atoms. The molecule has 0 aromatic carbocycles. The summed E-state index contributed by atoms with van der Waals surface area (Å²) < 4.78 is 1.78. The molecule has 0 aliphatic heterocycles. The number of imidazole rings is 1. The molecule has 3 aromatic rings. The molecule has 0 saturated carbocycles. The van der Waals surface area contributed by atoms with Crippen LogP contribution in [0.25, 0.3) is 5.82 Å². The molecule has 0 unspecified atom stereocenters. The number of rotatable bonds is 10. The maximum absolute atomic E-state index is 12.4. The highest BCUT2D eigenvalue weighted by Crippen LogP contribution is 2.19. The van der Waals surface area contributed by atoms with E-state index in [1.807, 2.05) is 0 Å². The van der Waals surface area contributed by atoms with Crippen LogP contribution >= 0.6 is 11.3 Å². The van der Waals surface area contributed by atoms with E-state index in [9.17, 15) is 4.79 Å². The standard InChI is InChI=1S/C19H24N6OS/c1-2-3-4-5-6-7-8-17-23-24-19(27-17)22-18(26)15-9-10-16(21-13-15)25-12-11-20-14-25/h9-14H,2-8H2,1H3,(H,22,24,26). The Morgan fingerprint density at radius 3 is 2.74 bits per heavy atom. The molecule has 1 amide bonds. The molecule has 3 aromatic heterocycles. The van der Waals surface area contributed by atoms with Crippen LogP contribution in [0.3, 0.4) is 0 Å². The van der Waals surface area contributed by atoms with E-state index < -0.39 is 0 Å². The van der Waals surface area contributed by atoms with Crippen molar-refractivity contribution in [1.82, 2.24) is 24.7 Å². The minimum atomic E-state index is -0.234. The Morgan fingerprint density at radius 2 is 2.00 bits per heavy atom. The van der Waals surface area contributed by atoms with Crippen molar-refractivity contribution in [2.75, 3.05) is 5.32 Å². The van der Waals surface area contributed by atoms with Gasteiger partial charge in [0.2, 0.25) is 5.13 Å². The van der Waals surface area contributed by atoms with Gasteiger partial charge in [-0.15, -0.1) is 10.2 Å². The van der Waals surface area contributed by atoms with Crippen LogP contribution in [-0.4, -0.2) is 30.6 Å². The van der Waals surface area contributed by atoms with E-state index in [1.165, 1.54) is 43.4 Å². The number of carbonyl (C=O) groups is 1. The van der Waals surface area contributed by atoms with Gasteiger partial charge in [-0.25, -0.2) is 9.97 Å². The van der Waals surface area contributed by atoms with Gasteiger partial charge in [0.05, 0.1) is 5.56 Å². The lowest BCUT2D eigenvalue weighted by atomic mass is 10.1. The highest BCUT2D eigenvalue weighted by molar-refractivity contribution is 7.15. The summed E-state index contributed by atoms with van der Waals surface area (Å²) in [6, 6.07) is 3.51. The van der Waals surface area contributed by atoms with Crippen molar-refractivity contribution in [2.45, 2.75) is 51.9 Å². The second-order valence-electron chi connectivity index (χ2n) is 6.35. The van der Waals surface area contributed by atoms with Crippen molar-refractivity contribution in [3.05, 3.63) is 47.6 Å². The number of nitrogens with zero attached hydrogens (tertiary/aromatic N) is 5. The van der Waals surface area contributed by atoms with Crippen molar-refractivity contribution in [3.63, 3.8) is 0 Å². The molecule has 0 fully saturated rings. The van der Waals surface area contributed by atoms with Crippen LogP contribution in [-0.2, 0) is 6.42 Å². The molecule has 0 aliphatic carbocycles. The molecular weight excluding hydrogens is 360 g/mol. The summed E-state index contributed by atoms with van der Waals surface area (Å²) in [5.41, 5.74) is 0.478. The van der Waals surface area contributed by atoms with Gasteiger partial charge < -0.3 is 0 Å². The number of unbranched alkanes of at least 4 members (excludes halogenated alkanes) is 5. The number of nitrogens with one attached hydrogen (secondary N) is 1. The molecule has 8 heteroatoms. The van der Waals surface area contributed by atoms with Crippen molar-refractivity contribution in [3.8, 4) is 5.82 Å². The fourth-order valence-electron chi connectivity index (χ4n) is 2.70. The van der Waals surface area contributed by atoms with Gasteiger partial charge >= 0.3 is 0 Å². The second-order valence-corrected chi connectivity index (χ2v) is 7.41. The van der Waals surface area contributed by atoms with Crippen LogP contribution < -0.4 is 5.32 Å². The summed E-state index contributed by atoms with van der Waals surface area (Å²) in [6.07, 6.45) is 15.1. The Labute approximate surface area is 162 Å². The van der Waals surface area contributed by atoms with Crippen LogP contribution in [0.5, 0.6) is 0 Å². The number of hydrogen-bond donors (Lipinski definition) is 1. The molecule has 0 bridgehead atoms. The summed E-state index contributed by atoms with van der Waals surface area (Å²) in [4.78, 5) is 20.6. The van der Waals surface area contributed by atoms with Gasteiger partial charge in [0.1, 0.15) is 17.2 Å². The van der Waals surface area contributed by atoms with Gasteiger partial charge in [0, 0.05) is 25.0 Å². The number of aryl methyl sites for hydroxylation is 1. The number of anilines is 1. The number of amides is 1. The zero-order chi connectivity index (χ0) is 18.9. The average molecular weight is 385 g/mol. The van der Waals surface area contributed by atoms with Gasteiger partial charge in [-0.3, -0.25) is 14.7 Å². The van der Waals surface area contributed by atoms with E-state index in [-0.39, 0.29) is 5.91 Å². The Hall–Kier alpha value is -2.61. The number of hydrogen-bond acceptors (Lipinski definition) is 6. The molecule has 0 spiro atoms. The van der Waals surface area contributed by atoms with Crippen LogP contribution in [0, 0.1) is 0 Å². The van der Waals surface area contributed by atoms with Crippen LogP contribution in [0.2, 0.25) is 0 Å². The Balaban J connectivity index is 1.47. The predicted octanol–water partition coefficient (Wildman–Crippen LogP) is 4.27. The normalized spacial score (nSPS) is 10.9. The second kappa shape index (κ2) is 9.91. The first-order chi connectivity index (χ1) is 13.3. The first kappa shape index (κ1) is 19.2. The van der Waals surface area contributed by atoms with Gasteiger partial charge in [-0.2, -0.15) is 0 Å². The zero-order valence-corrected chi connectivity index (χ0v) is 16.3. The Bertz CT molecular complexity index is 828. The maximum atomic E-state index is 12.4. The van der Waals surface area contributed by atoms with Gasteiger partial charge in [0.15, 0.2) is 0 Å². The third-order valence-electron chi connectivity index (χ3n) is 4.21. The van der Waals surface area contributed by atoms with Gasteiger partial charge in [-0.05, 0) is 18.6 Å². The van der Waals surface area contributed by atoms with Crippen molar-refractivity contribution >= 4 is 22.4 Å². The SMILES string of the molecule is CCCCCCCCc1nnc(NC(=O)c2ccc(-n3ccnc3)nc2)s1. The molecular formula is C19H24N6OS. The van der Waals surface area contributed by atoms with E-state index in [0.29, 0.717) is 16.5 Å². The fraction of sp³-hybridized carbons (Fsp3) is 0.421. The monoisotopic (exact) mass is 384 g/mol. The molecule has 3 rings (SSSR count). The number of aromatic nitrogens is 5. The minimum Gasteiger partial charge on any atom is -0.296 e. The van der Waals surface area contributed by atoms with Crippen molar-refractivity contribution < 1.29 is 4.79 Å². The van der Waals surface area contributed by atoms with Gasteiger partial charge in [-0.1, -0.05) is 50.4 Å². The van der Waals surface area contributed by atoms with Crippen LogP contribution in [0.1, 0.15) is 60.8 Å². The molecule has 0 atom stereocenters. The van der Waals surface area contributed by atoms with E-state index in [1.54, 1.807) is 41.6 Å². The third kappa shape index (κ3) is 5.68. The number of pyridine rings is 1. The largest absolute Gasteiger partial charge is 0.296 e. The third-order valence-corrected chi connectivity index (χ3v) is 5.11. The zero-order valence-electron chi connectivity index (χ0n) is 15.5. The highest BCUT2D eigenvalue weighted by atomic mass is 32.1. The van der Waals surface area contributed by atoms with Crippen molar-refractivity contribution in [2.24, 2.45) is 0 Å². The summed E-state index contributed by atoms with van der Waals surface area (Å²) >= 11 is 1.44. The maximum Gasteiger partial charge on any atom is 0.259 e. The fourth-order valence-corrected chi connectivity index (χ4v) is 3.48. The average Bonchev–Trinajstić information content (AvgIpc) is 3.37. The van der Waals surface area contributed by atoms with Crippen LogP contribution in [0.4, 0.5) is 5.13 Å². The molecule has 142 valence electrons. The van der Waals surface area contributed by atoms with Crippen molar-refractivity contribution in [1.29, 1.82) is 0 Å². The molecule has 1 N–H and O–H groups in total. The molecule has 0 aliphatic rings. The first-order valence-electron chi connectivity index (χ1n) is 9.34. The molecule has 7 nitrogen and oxygen atoms in total. The molecule has 3 heterocycles. The van der Waals surface area contributed by atoms with E-state index >= 15 is 0 Å².